The van der Waals surface area contributed by atoms with Crippen molar-refractivity contribution in [3.8, 4) is 0 Å². The first-order chi connectivity index (χ1) is 13.5. The first-order valence-electron chi connectivity index (χ1n) is 10.9. The van der Waals surface area contributed by atoms with Gasteiger partial charge < -0.3 is 9.80 Å². The van der Waals surface area contributed by atoms with Crippen LogP contribution in [0.15, 0.2) is 0 Å². The standard InChI is InChI=1S/C22H32N4OS/c1-5-15(4)20-23-21(26-11-9-25(10-12-26)18(27)6-2)19-16-8-7-14(3)13-17(16)28-22(19)24-20/h14-15H,5-13H2,1-4H3/t14-,15+/m1/s1. The molecule has 152 valence electrons. The van der Waals surface area contributed by atoms with Gasteiger partial charge in [0.2, 0.25) is 5.91 Å². The summed E-state index contributed by atoms with van der Waals surface area (Å²) in [6.45, 7) is 12.0. The number of fused-ring (bicyclic) bond motifs is 3. The van der Waals surface area contributed by atoms with Crippen molar-refractivity contribution in [3.05, 3.63) is 16.3 Å². The molecule has 1 amide bonds. The number of nitrogens with zero attached hydrogens (tertiary/aromatic N) is 4. The van der Waals surface area contributed by atoms with Crippen LogP contribution in [-0.4, -0.2) is 47.0 Å². The summed E-state index contributed by atoms with van der Waals surface area (Å²) in [7, 11) is 0. The molecule has 1 aliphatic carbocycles. The van der Waals surface area contributed by atoms with E-state index in [9.17, 15) is 4.79 Å². The Bertz CT molecular complexity index is 869. The van der Waals surface area contributed by atoms with E-state index in [1.165, 1.54) is 33.5 Å². The van der Waals surface area contributed by atoms with Gasteiger partial charge >= 0.3 is 0 Å². The Kier molecular flexibility index (Phi) is 5.59. The van der Waals surface area contributed by atoms with Crippen LogP contribution in [0.1, 0.15) is 69.1 Å². The van der Waals surface area contributed by atoms with Crippen molar-refractivity contribution in [1.82, 2.24) is 14.9 Å². The highest BCUT2D eigenvalue weighted by Crippen LogP contribution is 2.41. The number of amides is 1. The van der Waals surface area contributed by atoms with E-state index in [1.807, 2.05) is 23.2 Å². The normalized spacial score (nSPS) is 21.1. The Hall–Kier alpha value is -1.69. The summed E-state index contributed by atoms with van der Waals surface area (Å²) in [6.07, 6.45) is 5.21. The van der Waals surface area contributed by atoms with Crippen molar-refractivity contribution in [2.75, 3.05) is 31.1 Å². The number of thiophene rings is 1. The molecule has 4 rings (SSSR count). The average Bonchev–Trinajstić information content (AvgIpc) is 3.09. The highest BCUT2D eigenvalue weighted by Gasteiger charge is 2.28. The van der Waals surface area contributed by atoms with E-state index in [-0.39, 0.29) is 5.91 Å². The quantitative estimate of drug-likeness (QED) is 0.764. The van der Waals surface area contributed by atoms with Gasteiger partial charge in [0.1, 0.15) is 16.5 Å². The van der Waals surface area contributed by atoms with E-state index in [1.54, 1.807) is 0 Å². The number of aromatic nitrogens is 2. The van der Waals surface area contributed by atoms with Gasteiger partial charge in [-0.25, -0.2) is 9.97 Å². The topological polar surface area (TPSA) is 49.3 Å². The molecular formula is C22H32N4OS. The number of anilines is 1. The molecule has 2 aromatic heterocycles. The summed E-state index contributed by atoms with van der Waals surface area (Å²) in [5.41, 5.74) is 1.50. The number of aryl methyl sites for hydroxylation is 1. The molecule has 0 N–H and O–H groups in total. The van der Waals surface area contributed by atoms with Crippen LogP contribution in [-0.2, 0) is 17.6 Å². The molecule has 2 aliphatic rings. The highest BCUT2D eigenvalue weighted by molar-refractivity contribution is 7.19. The van der Waals surface area contributed by atoms with Crippen molar-refractivity contribution < 1.29 is 4.79 Å². The molecule has 2 aromatic rings. The van der Waals surface area contributed by atoms with E-state index in [0.29, 0.717) is 12.3 Å². The lowest BCUT2D eigenvalue weighted by molar-refractivity contribution is -0.131. The smallest absolute Gasteiger partial charge is 0.222 e. The predicted octanol–water partition coefficient (Wildman–Crippen LogP) is 4.39. The zero-order chi connectivity index (χ0) is 19.8. The second-order valence-corrected chi connectivity index (χ2v) is 9.55. The van der Waals surface area contributed by atoms with Gasteiger partial charge in [-0.2, -0.15) is 0 Å². The second-order valence-electron chi connectivity index (χ2n) is 8.47. The fourth-order valence-corrected chi connectivity index (χ4v) is 5.75. The molecule has 2 atom stereocenters. The van der Waals surface area contributed by atoms with Crippen molar-refractivity contribution in [2.24, 2.45) is 5.92 Å². The molecule has 6 heteroatoms. The minimum atomic E-state index is 0.259. The Labute approximate surface area is 172 Å². The van der Waals surface area contributed by atoms with Gasteiger partial charge in [0.25, 0.3) is 0 Å². The molecule has 0 spiro atoms. The largest absolute Gasteiger partial charge is 0.352 e. The maximum Gasteiger partial charge on any atom is 0.222 e. The van der Waals surface area contributed by atoms with Crippen LogP contribution in [0.5, 0.6) is 0 Å². The lowest BCUT2D eigenvalue weighted by Gasteiger charge is -2.36. The molecule has 3 heterocycles. The summed E-state index contributed by atoms with van der Waals surface area (Å²) in [5, 5.41) is 1.30. The molecule has 5 nitrogen and oxygen atoms in total. The third kappa shape index (κ3) is 3.51. The minimum absolute atomic E-state index is 0.259. The van der Waals surface area contributed by atoms with Crippen LogP contribution in [0.25, 0.3) is 10.2 Å². The van der Waals surface area contributed by atoms with E-state index < -0.39 is 0 Å². The highest BCUT2D eigenvalue weighted by atomic mass is 32.1. The zero-order valence-corrected chi connectivity index (χ0v) is 18.4. The van der Waals surface area contributed by atoms with Crippen LogP contribution in [0, 0.1) is 5.92 Å². The summed E-state index contributed by atoms with van der Waals surface area (Å²) in [6, 6.07) is 0. The molecular weight excluding hydrogens is 368 g/mol. The number of piperazine rings is 1. The number of hydrogen-bond donors (Lipinski definition) is 0. The Morgan fingerprint density at radius 3 is 2.64 bits per heavy atom. The van der Waals surface area contributed by atoms with Crippen LogP contribution in [0.3, 0.4) is 0 Å². The van der Waals surface area contributed by atoms with E-state index in [0.717, 1.165) is 56.6 Å². The van der Waals surface area contributed by atoms with E-state index in [4.69, 9.17) is 9.97 Å². The molecule has 0 aromatic carbocycles. The third-order valence-electron chi connectivity index (χ3n) is 6.44. The van der Waals surface area contributed by atoms with Gasteiger partial charge in [-0.15, -0.1) is 11.3 Å². The number of hydrogen-bond acceptors (Lipinski definition) is 5. The van der Waals surface area contributed by atoms with Crippen molar-refractivity contribution in [1.29, 1.82) is 0 Å². The SMILES string of the molecule is CCC(=O)N1CCN(c2nc([C@@H](C)CC)nc3sc4c(c23)CC[C@@H](C)C4)CC1. The Morgan fingerprint density at radius 1 is 1.21 bits per heavy atom. The van der Waals surface area contributed by atoms with E-state index in [2.05, 4.69) is 25.7 Å². The van der Waals surface area contributed by atoms with Gasteiger partial charge in [-0.3, -0.25) is 4.79 Å². The van der Waals surface area contributed by atoms with Crippen LogP contribution >= 0.6 is 11.3 Å². The molecule has 0 unspecified atom stereocenters. The lowest BCUT2D eigenvalue weighted by atomic mass is 9.89. The monoisotopic (exact) mass is 400 g/mol. The van der Waals surface area contributed by atoms with Gasteiger partial charge in [0.15, 0.2) is 0 Å². The number of rotatable bonds is 4. The van der Waals surface area contributed by atoms with Crippen LogP contribution in [0.2, 0.25) is 0 Å². The molecule has 28 heavy (non-hydrogen) atoms. The maximum atomic E-state index is 12.1. The Balaban J connectivity index is 1.74. The zero-order valence-electron chi connectivity index (χ0n) is 17.6. The van der Waals surface area contributed by atoms with Crippen molar-refractivity contribution in [3.63, 3.8) is 0 Å². The fourth-order valence-electron chi connectivity index (χ4n) is 4.36. The van der Waals surface area contributed by atoms with E-state index >= 15 is 0 Å². The molecule has 1 aliphatic heterocycles. The molecule has 1 fully saturated rings. The lowest BCUT2D eigenvalue weighted by Crippen LogP contribution is -2.49. The van der Waals surface area contributed by atoms with Crippen molar-refractivity contribution >= 4 is 33.3 Å². The van der Waals surface area contributed by atoms with Crippen LogP contribution < -0.4 is 4.90 Å². The third-order valence-corrected chi connectivity index (χ3v) is 7.59. The van der Waals surface area contributed by atoms with Gasteiger partial charge in [0, 0.05) is 43.4 Å². The second kappa shape index (κ2) is 7.97. The summed E-state index contributed by atoms with van der Waals surface area (Å²) < 4.78 is 0. The first kappa shape index (κ1) is 19.6. The molecule has 0 bridgehead atoms. The maximum absolute atomic E-state index is 12.1. The first-order valence-corrected chi connectivity index (χ1v) is 11.7. The van der Waals surface area contributed by atoms with Gasteiger partial charge in [-0.05, 0) is 37.2 Å². The molecule has 1 saturated heterocycles. The Morgan fingerprint density at radius 2 is 1.96 bits per heavy atom. The molecule has 0 saturated carbocycles. The average molecular weight is 401 g/mol. The van der Waals surface area contributed by atoms with Gasteiger partial charge in [0.05, 0.1) is 5.39 Å². The van der Waals surface area contributed by atoms with Gasteiger partial charge in [-0.1, -0.05) is 27.7 Å². The summed E-state index contributed by atoms with van der Waals surface area (Å²) in [5.74, 6) is 3.48. The summed E-state index contributed by atoms with van der Waals surface area (Å²) in [4.78, 5) is 29.3. The van der Waals surface area contributed by atoms with Crippen molar-refractivity contribution in [2.45, 2.75) is 65.7 Å². The number of carbonyl (C=O) groups excluding carboxylic acids is 1. The number of carbonyl (C=O) groups is 1. The summed E-state index contributed by atoms with van der Waals surface area (Å²) >= 11 is 1.89. The fraction of sp³-hybridized carbons (Fsp3) is 0.682. The van der Waals surface area contributed by atoms with Crippen LogP contribution in [0.4, 0.5) is 5.82 Å². The predicted molar refractivity (Wildman–Crippen MR) is 116 cm³/mol. The minimum Gasteiger partial charge on any atom is -0.352 e. The molecule has 0 radical (unpaired) electrons.